The third kappa shape index (κ3) is 3.11. The lowest BCUT2D eigenvalue weighted by Gasteiger charge is -2.29. The maximum Gasteiger partial charge on any atom is 0.330 e. The highest BCUT2D eigenvalue weighted by atomic mass is 16.1. The van der Waals surface area contributed by atoms with Crippen molar-refractivity contribution in [3.05, 3.63) is 46.8 Å². The van der Waals surface area contributed by atoms with E-state index in [-0.39, 0.29) is 11.7 Å². The largest absolute Gasteiger partial charge is 0.330 e. The summed E-state index contributed by atoms with van der Waals surface area (Å²) in [4.78, 5) is 33.2. The van der Waals surface area contributed by atoms with E-state index in [9.17, 15) is 4.79 Å². The van der Waals surface area contributed by atoms with Gasteiger partial charge in [0, 0.05) is 31.2 Å². The van der Waals surface area contributed by atoms with Crippen molar-refractivity contribution in [2.45, 2.75) is 25.8 Å². The number of likely N-dealkylation sites (tertiary alicyclic amines) is 1. The molecule has 4 aromatic rings. The quantitative estimate of drug-likeness (QED) is 0.560. The summed E-state index contributed by atoms with van der Waals surface area (Å²) in [5.41, 5.74) is 4.91. The first kappa shape index (κ1) is 18.7. The molecule has 1 saturated heterocycles. The van der Waals surface area contributed by atoms with Crippen LogP contribution in [0.25, 0.3) is 22.2 Å². The number of imidazole rings is 1. The number of aryl methyl sites for hydroxylation is 2. The lowest BCUT2D eigenvalue weighted by Crippen LogP contribution is -2.35. The Bertz CT molecular complexity index is 1300. The van der Waals surface area contributed by atoms with Crippen LogP contribution >= 0.6 is 0 Å². The summed E-state index contributed by atoms with van der Waals surface area (Å²) in [6.45, 7) is 3.95. The lowest BCUT2D eigenvalue weighted by molar-refractivity contribution is 0.220. The first-order chi connectivity index (χ1) is 14.5. The van der Waals surface area contributed by atoms with E-state index in [1.165, 1.54) is 0 Å². The number of piperidine rings is 1. The Labute approximate surface area is 173 Å². The van der Waals surface area contributed by atoms with Gasteiger partial charge in [0.25, 0.3) is 0 Å². The third-order valence-electron chi connectivity index (χ3n) is 5.95. The van der Waals surface area contributed by atoms with Gasteiger partial charge in [0.05, 0.1) is 17.2 Å². The van der Waals surface area contributed by atoms with Gasteiger partial charge >= 0.3 is 5.69 Å². The standard InChI is InChI=1S/C21H24N8O/c1-13-10-16-17(23-7-6-22-16)11-15(13)25-20-24-12-18-19(26-20)29(21(30)28(18)3)14-4-8-27(2)9-5-14/h6-7,10-12,14H,4-5,8-9H2,1-3H3,(H,24,25,26). The van der Waals surface area contributed by atoms with Gasteiger partial charge in [-0.05, 0) is 57.6 Å². The van der Waals surface area contributed by atoms with Crippen molar-refractivity contribution >= 4 is 33.8 Å². The average Bonchev–Trinajstić information content (AvgIpc) is 2.99. The second-order valence-corrected chi connectivity index (χ2v) is 7.99. The molecule has 0 spiro atoms. The Hall–Kier alpha value is -3.33. The molecule has 30 heavy (non-hydrogen) atoms. The summed E-state index contributed by atoms with van der Waals surface area (Å²) < 4.78 is 3.47. The molecule has 154 valence electrons. The average molecular weight is 404 g/mol. The molecule has 4 heterocycles. The number of benzene rings is 1. The highest BCUT2D eigenvalue weighted by molar-refractivity contribution is 5.82. The Morgan fingerprint density at radius 1 is 1.03 bits per heavy atom. The summed E-state index contributed by atoms with van der Waals surface area (Å²) in [5, 5.41) is 3.30. The van der Waals surface area contributed by atoms with Crippen molar-refractivity contribution < 1.29 is 0 Å². The Morgan fingerprint density at radius 3 is 2.47 bits per heavy atom. The number of hydrogen-bond acceptors (Lipinski definition) is 7. The van der Waals surface area contributed by atoms with Crippen LogP contribution < -0.4 is 11.0 Å². The predicted octanol–water partition coefficient (Wildman–Crippen LogP) is 2.39. The van der Waals surface area contributed by atoms with Gasteiger partial charge in [-0.15, -0.1) is 0 Å². The summed E-state index contributed by atoms with van der Waals surface area (Å²) in [6, 6.07) is 4.08. The molecule has 3 aromatic heterocycles. The van der Waals surface area contributed by atoms with Gasteiger partial charge < -0.3 is 10.2 Å². The fourth-order valence-electron chi connectivity index (χ4n) is 4.15. The van der Waals surface area contributed by atoms with Gasteiger partial charge in [-0.3, -0.25) is 19.1 Å². The molecular weight excluding hydrogens is 380 g/mol. The van der Waals surface area contributed by atoms with E-state index in [1.54, 1.807) is 30.2 Å². The first-order valence-corrected chi connectivity index (χ1v) is 10.1. The molecule has 0 radical (unpaired) electrons. The Morgan fingerprint density at radius 2 is 1.73 bits per heavy atom. The molecule has 9 heteroatoms. The topological polar surface area (TPSA) is 93.8 Å². The molecule has 1 fully saturated rings. The zero-order chi connectivity index (χ0) is 20.8. The molecular formula is C21H24N8O. The summed E-state index contributed by atoms with van der Waals surface area (Å²) in [7, 11) is 3.89. The first-order valence-electron chi connectivity index (χ1n) is 10.1. The number of nitrogens with one attached hydrogen (secondary N) is 1. The minimum Gasteiger partial charge on any atom is -0.324 e. The second-order valence-electron chi connectivity index (χ2n) is 7.99. The second kappa shape index (κ2) is 7.17. The molecule has 0 atom stereocenters. The molecule has 9 nitrogen and oxygen atoms in total. The van der Waals surface area contributed by atoms with Gasteiger partial charge in [0.2, 0.25) is 5.95 Å². The monoisotopic (exact) mass is 404 g/mol. The van der Waals surface area contributed by atoms with Crippen LogP contribution in [0.4, 0.5) is 11.6 Å². The molecule has 0 saturated carbocycles. The van der Waals surface area contributed by atoms with E-state index < -0.39 is 0 Å². The Kier molecular flexibility index (Phi) is 4.47. The molecule has 5 rings (SSSR count). The van der Waals surface area contributed by atoms with E-state index in [2.05, 4.69) is 32.2 Å². The highest BCUT2D eigenvalue weighted by Gasteiger charge is 2.24. The third-order valence-corrected chi connectivity index (χ3v) is 5.95. The smallest absolute Gasteiger partial charge is 0.324 e. The van der Waals surface area contributed by atoms with Crippen molar-refractivity contribution in [2.75, 3.05) is 25.5 Å². The van der Waals surface area contributed by atoms with Crippen LogP contribution in [-0.2, 0) is 7.05 Å². The van der Waals surface area contributed by atoms with E-state index in [0.29, 0.717) is 11.6 Å². The molecule has 0 amide bonds. The van der Waals surface area contributed by atoms with Crippen molar-refractivity contribution in [1.29, 1.82) is 0 Å². The fourth-order valence-corrected chi connectivity index (χ4v) is 4.15. The van der Waals surface area contributed by atoms with Crippen molar-refractivity contribution in [3.63, 3.8) is 0 Å². The Balaban J connectivity index is 1.56. The number of fused-ring (bicyclic) bond motifs is 2. The lowest BCUT2D eigenvalue weighted by atomic mass is 10.1. The highest BCUT2D eigenvalue weighted by Crippen LogP contribution is 2.26. The van der Waals surface area contributed by atoms with Gasteiger partial charge in [0.15, 0.2) is 5.65 Å². The number of anilines is 2. The minimum absolute atomic E-state index is 0.0387. The van der Waals surface area contributed by atoms with Crippen LogP contribution in [0.5, 0.6) is 0 Å². The number of nitrogens with zero attached hydrogens (tertiary/aromatic N) is 7. The minimum atomic E-state index is -0.0387. The molecule has 0 bridgehead atoms. The molecule has 1 aromatic carbocycles. The van der Waals surface area contributed by atoms with Gasteiger partial charge in [-0.2, -0.15) is 4.98 Å². The van der Waals surface area contributed by atoms with Crippen LogP contribution in [0.2, 0.25) is 0 Å². The van der Waals surface area contributed by atoms with Crippen molar-refractivity contribution in [3.8, 4) is 0 Å². The normalized spacial score (nSPS) is 15.8. The number of rotatable bonds is 3. The SMILES string of the molecule is Cc1cc2nccnc2cc1Nc1ncc2c(n1)n(C1CCN(C)CC1)c(=O)n2C. The maximum absolute atomic E-state index is 12.9. The van der Waals surface area contributed by atoms with Crippen LogP contribution in [0.3, 0.4) is 0 Å². The van der Waals surface area contributed by atoms with Crippen molar-refractivity contribution in [2.24, 2.45) is 7.05 Å². The maximum atomic E-state index is 12.9. The van der Waals surface area contributed by atoms with Crippen molar-refractivity contribution in [1.82, 2.24) is 34.0 Å². The summed E-state index contributed by atoms with van der Waals surface area (Å²) in [6.07, 6.45) is 6.95. The molecule has 0 unspecified atom stereocenters. The number of hydrogen-bond donors (Lipinski definition) is 1. The van der Waals surface area contributed by atoms with Crippen LogP contribution in [0.15, 0.2) is 35.5 Å². The molecule has 1 N–H and O–H groups in total. The zero-order valence-electron chi connectivity index (χ0n) is 17.3. The molecule has 1 aliphatic rings. The fraction of sp³-hybridized carbons (Fsp3) is 0.381. The van der Waals surface area contributed by atoms with E-state index in [1.807, 2.05) is 23.6 Å². The molecule has 1 aliphatic heterocycles. The van der Waals surface area contributed by atoms with E-state index in [4.69, 9.17) is 4.98 Å². The molecule has 0 aliphatic carbocycles. The van der Waals surface area contributed by atoms with Crippen LogP contribution in [-0.4, -0.2) is 54.1 Å². The van der Waals surface area contributed by atoms with Gasteiger partial charge in [0.1, 0.15) is 5.52 Å². The van der Waals surface area contributed by atoms with E-state index >= 15 is 0 Å². The van der Waals surface area contributed by atoms with E-state index in [0.717, 1.165) is 53.7 Å². The van der Waals surface area contributed by atoms with Crippen LogP contribution in [0, 0.1) is 6.92 Å². The van der Waals surface area contributed by atoms with Gasteiger partial charge in [-0.1, -0.05) is 0 Å². The van der Waals surface area contributed by atoms with Crippen LogP contribution in [0.1, 0.15) is 24.4 Å². The number of aromatic nitrogens is 6. The summed E-state index contributed by atoms with van der Waals surface area (Å²) >= 11 is 0. The van der Waals surface area contributed by atoms with Gasteiger partial charge in [-0.25, -0.2) is 9.78 Å². The summed E-state index contributed by atoms with van der Waals surface area (Å²) in [5.74, 6) is 0.459. The zero-order valence-corrected chi connectivity index (χ0v) is 17.3. The predicted molar refractivity (Wildman–Crippen MR) is 116 cm³/mol.